The van der Waals surface area contributed by atoms with Gasteiger partial charge in [0.15, 0.2) is 0 Å². The largest absolute Gasteiger partial charge is 0.342 e. The van der Waals surface area contributed by atoms with Gasteiger partial charge in [-0.15, -0.1) is 0 Å². The van der Waals surface area contributed by atoms with Gasteiger partial charge in [-0.1, -0.05) is 30.3 Å². The summed E-state index contributed by atoms with van der Waals surface area (Å²) in [5.41, 5.74) is 4.26. The number of rotatable bonds is 3. The Labute approximate surface area is 184 Å². The molecule has 162 valence electrons. The van der Waals surface area contributed by atoms with Crippen LogP contribution in [0.3, 0.4) is 0 Å². The molecule has 2 aromatic carbocycles. The van der Waals surface area contributed by atoms with Crippen molar-refractivity contribution in [2.24, 2.45) is 7.05 Å². The van der Waals surface area contributed by atoms with Crippen LogP contribution in [0.4, 0.5) is 5.69 Å². The third kappa shape index (κ3) is 3.00. The van der Waals surface area contributed by atoms with E-state index in [2.05, 4.69) is 0 Å². The van der Waals surface area contributed by atoms with Crippen molar-refractivity contribution in [2.45, 2.75) is 26.8 Å². The molecule has 0 aliphatic carbocycles. The number of aromatic nitrogens is 3. The number of carbonyl (C=O) groups excluding carboxylic acids is 1. The number of anilines is 1. The van der Waals surface area contributed by atoms with Crippen LogP contribution in [0.1, 0.15) is 16.8 Å². The molecule has 0 bridgehead atoms. The third-order valence-corrected chi connectivity index (χ3v) is 6.31. The molecule has 3 heterocycles. The Kier molecular flexibility index (Phi) is 4.62. The summed E-state index contributed by atoms with van der Waals surface area (Å²) in [6, 6.07) is 16.9. The van der Waals surface area contributed by atoms with Crippen molar-refractivity contribution in [3.8, 4) is 5.69 Å². The molecule has 0 atom stereocenters. The second kappa shape index (κ2) is 7.37. The second-order valence-electron chi connectivity index (χ2n) is 8.35. The molecule has 7 heteroatoms. The van der Waals surface area contributed by atoms with Crippen molar-refractivity contribution in [1.82, 2.24) is 13.7 Å². The van der Waals surface area contributed by atoms with Gasteiger partial charge in [0.05, 0.1) is 11.2 Å². The summed E-state index contributed by atoms with van der Waals surface area (Å²) in [4.78, 5) is 42.0. The molecule has 7 nitrogen and oxygen atoms in total. The molecule has 0 fully saturated rings. The molecule has 0 saturated heterocycles. The topological polar surface area (TPSA) is 69.2 Å². The van der Waals surface area contributed by atoms with Crippen LogP contribution < -0.4 is 16.1 Å². The van der Waals surface area contributed by atoms with E-state index in [-0.39, 0.29) is 18.0 Å². The van der Waals surface area contributed by atoms with E-state index in [0.717, 1.165) is 28.9 Å². The predicted molar refractivity (Wildman–Crippen MR) is 125 cm³/mol. The van der Waals surface area contributed by atoms with E-state index in [1.165, 1.54) is 9.13 Å². The Morgan fingerprint density at radius 3 is 2.56 bits per heavy atom. The number of fused-ring (bicyclic) bond motifs is 2. The van der Waals surface area contributed by atoms with Crippen LogP contribution in [0, 0.1) is 13.8 Å². The average Bonchev–Trinajstić information content (AvgIpc) is 3.32. The number of aryl methyl sites for hydroxylation is 3. The van der Waals surface area contributed by atoms with Crippen LogP contribution in [-0.4, -0.2) is 26.2 Å². The van der Waals surface area contributed by atoms with Gasteiger partial charge in [0, 0.05) is 25.0 Å². The van der Waals surface area contributed by atoms with E-state index >= 15 is 0 Å². The number of hydrogen-bond acceptors (Lipinski definition) is 3. The summed E-state index contributed by atoms with van der Waals surface area (Å²) >= 11 is 0. The molecule has 0 spiro atoms. The van der Waals surface area contributed by atoms with Crippen LogP contribution in [0.5, 0.6) is 0 Å². The van der Waals surface area contributed by atoms with E-state index in [1.807, 2.05) is 50.2 Å². The minimum Gasteiger partial charge on any atom is -0.342 e. The Bertz CT molecular complexity index is 1510. The third-order valence-electron chi connectivity index (χ3n) is 6.31. The maximum Gasteiger partial charge on any atom is 0.336 e. The highest BCUT2D eigenvalue weighted by Gasteiger charge is 2.26. The number of amides is 1. The van der Waals surface area contributed by atoms with Gasteiger partial charge in [-0.25, -0.2) is 9.36 Å². The first kappa shape index (κ1) is 20.1. The van der Waals surface area contributed by atoms with E-state index in [1.54, 1.807) is 34.7 Å². The standard InChI is InChI=1S/C25H24N4O3/c1-16-7-6-9-19(13-16)29-24(31)23-21(14-17(2)26(23)3)28(25(29)32)15-22(30)27-12-11-18-8-4-5-10-20(18)27/h4-10,13-14H,11-12,15H2,1-3H3. The Balaban J connectivity index is 1.69. The van der Waals surface area contributed by atoms with Crippen molar-refractivity contribution in [2.75, 3.05) is 11.4 Å². The predicted octanol–water partition coefficient (Wildman–Crippen LogP) is 2.70. The Morgan fingerprint density at radius 1 is 1.00 bits per heavy atom. The lowest BCUT2D eigenvalue weighted by Gasteiger charge is -2.19. The minimum absolute atomic E-state index is 0.140. The summed E-state index contributed by atoms with van der Waals surface area (Å²) in [6.45, 7) is 4.23. The Morgan fingerprint density at radius 2 is 1.78 bits per heavy atom. The van der Waals surface area contributed by atoms with Crippen LogP contribution in [0.2, 0.25) is 0 Å². The van der Waals surface area contributed by atoms with Gasteiger partial charge in [-0.05, 0) is 55.7 Å². The molecule has 4 aromatic rings. The number of para-hydroxylation sites is 1. The first-order chi connectivity index (χ1) is 15.4. The lowest BCUT2D eigenvalue weighted by atomic mass is 10.2. The van der Waals surface area contributed by atoms with E-state index in [4.69, 9.17) is 0 Å². The van der Waals surface area contributed by atoms with Gasteiger partial charge in [-0.3, -0.25) is 14.2 Å². The van der Waals surface area contributed by atoms with Gasteiger partial charge >= 0.3 is 5.69 Å². The molecule has 2 aromatic heterocycles. The molecule has 1 amide bonds. The van der Waals surface area contributed by atoms with Gasteiger partial charge in [0.2, 0.25) is 5.91 Å². The van der Waals surface area contributed by atoms with Gasteiger partial charge in [-0.2, -0.15) is 0 Å². The van der Waals surface area contributed by atoms with Crippen molar-refractivity contribution >= 4 is 22.6 Å². The molecule has 5 rings (SSSR count). The fourth-order valence-corrected chi connectivity index (χ4v) is 4.55. The Hall–Kier alpha value is -3.87. The number of nitrogens with zero attached hydrogens (tertiary/aromatic N) is 4. The minimum atomic E-state index is -0.514. The van der Waals surface area contributed by atoms with E-state index < -0.39 is 5.69 Å². The lowest BCUT2D eigenvalue weighted by Crippen LogP contribution is -2.42. The molecule has 1 aliphatic rings. The van der Waals surface area contributed by atoms with Gasteiger partial charge in [0.25, 0.3) is 5.56 Å². The maximum absolute atomic E-state index is 13.6. The highest BCUT2D eigenvalue weighted by Crippen LogP contribution is 2.27. The normalized spacial score (nSPS) is 13.0. The number of carbonyl (C=O) groups is 1. The zero-order valence-electron chi connectivity index (χ0n) is 18.3. The SMILES string of the molecule is Cc1cccc(-n2c(=O)c3c(cc(C)n3C)n(CC(=O)N3CCc4ccccc43)c2=O)c1. The zero-order chi connectivity index (χ0) is 22.6. The fourth-order valence-electron chi connectivity index (χ4n) is 4.55. The highest BCUT2D eigenvalue weighted by molar-refractivity contribution is 5.96. The van der Waals surface area contributed by atoms with Crippen molar-refractivity contribution in [1.29, 1.82) is 0 Å². The fraction of sp³-hybridized carbons (Fsp3) is 0.240. The average molecular weight is 428 g/mol. The lowest BCUT2D eigenvalue weighted by molar-refractivity contribution is -0.119. The van der Waals surface area contributed by atoms with E-state index in [9.17, 15) is 14.4 Å². The van der Waals surface area contributed by atoms with Crippen molar-refractivity contribution in [3.63, 3.8) is 0 Å². The molecule has 0 N–H and O–H groups in total. The van der Waals surface area contributed by atoms with Crippen LogP contribution in [-0.2, 0) is 24.8 Å². The summed E-state index contributed by atoms with van der Waals surface area (Å²) in [7, 11) is 1.80. The monoisotopic (exact) mass is 428 g/mol. The number of benzene rings is 2. The summed E-state index contributed by atoms with van der Waals surface area (Å²) in [5.74, 6) is -0.172. The second-order valence-corrected chi connectivity index (χ2v) is 8.35. The first-order valence-corrected chi connectivity index (χ1v) is 10.6. The maximum atomic E-state index is 13.6. The van der Waals surface area contributed by atoms with Crippen LogP contribution in [0.25, 0.3) is 16.7 Å². The molecule has 0 radical (unpaired) electrons. The smallest absolute Gasteiger partial charge is 0.336 e. The molecule has 32 heavy (non-hydrogen) atoms. The van der Waals surface area contributed by atoms with Crippen LogP contribution >= 0.6 is 0 Å². The molecular weight excluding hydrogens is 404 g/mol. The quantitative estimate of drug-likeness (QED) is 0.504. The molecule has 0 saturated carbocycles. The van der Waals surface area contributed by atoms with Crippen LogP contribution in [0.15, 0.2) is 64.2 Å². The zero-order valence-corrected chi connectivity index (χ0v) is 18.3. The molecular formula is C25H24N4O3. The van der Waals surface area contributed by atoms with Crippen molar-refractivity contribution in [3.05, 3.63) is 92.3 Å². The number of hydrogen-bond donors (Lipinski definition) is 0. The molecule has 1 aliphatic heterocycles. The van der Waals surface area contributed by atoms with Crippen molar-refractivity contribution < 1.29 is 4.79 Å². The summed E-state index contributed by atoms with van der Waals surface area (Å²) in [5, 5.41) is 0. The summed E-state index contributed by atoms with van der Waals surface area (Å²) in [6.07, 6.45) is 0.791. The first-order valence-electron chi connectivity index (χ1n) is 10.6. The molecule has 0 unspecified atom stereocenters. The highest BCUT2D eigenvalue weighted by atomic mass is 16.2. The van der Waals surface area contributed by atoms with Gasteiger partial charge in [0.1, 0.15) is 12.1 Å². The summed E-state index contributed by atoms with van der Waals surface area (Å²) < 4.78 is 4.37. The van der Waals surface area contributed by atoms with E-state index in [0.29, 0.717) is 23.3 Å². The van der Waals surface area contributed by atoms with Gasteiger partial charge < -0.3 is 9.47 Å².